The summed E-state index contributed by atoms with van der Waals surface area (Å²) >= 11 is 12.4. The summed E-state index contributed by atoms with van der Waals surface area (Å²) in [5.74, 6) is 0.815. The quantitative estimate of drug-likeness (QED) is 0.902. The van der Waals surface area contributed by atoms with Gasteiger partial charge in [-0.1, -0.05) is 41.4 Å². The van der Waals surface area contributed by atoms with Gasteiger partial charge in [-0.25, -0.2) is 4.98 Å². The molecule has 0 spiro atoms. The lowest BCUT2D eigenvalue weighted by Crippen LogP contribution is -2.18. The molecule has 1 N–H and O–H groups in total. The highest BCUT2D eigenvalue weighted by atomic mass is 35.5. The van der Waals surface area contributed by atoms with E-state index >= 15 is 0 Å². The number of halogens is 2. The molecule has 0 radical (unpaired) electrons. The van der Waals surface area contributed by atoms with Crippen molar-refractivity contribution in [1.82, 2.24) is 9.88 Å². The van der Waals surface area contributed by atoms with Crippen LogP contribution in [-0.2, 0) is 13.1 Å². The van der Waals surface area contributed by atoms with Crippen LogP contribution in [0.15, 0.2) is 36.4 Å². The second-order valence-electron chi connectivity index (χ2n) is 4.64. The standard InChI is InChI=1S/C15H17Cl2N3/c1-18-15-8-7-13(17)14(19-15)10-20(2)9-11-5-3-4-6-12(11)16/h3-8H,9-10H2,1-2H3,(H,18,19). The molecule has 106 valence electrons. The third-order valence-corrected chi connectivity index (χ3v) is 3.71. The van der Waals surface area contributed by atoms with Gasteiger partial charge in [0.05, 0.1) is 10.7 Å². The molecule has 1 aromatic heterocycles. The van der Waals surface area contributed by atoms with E-state index in [1.807, 2.05) is 50.5 Å². The Morgan fingerprint density at radius 1 is 1.05 bits per heavy atom. The minimum Gasteiger partial charge on any atom is -0.373 e. The van der Waals surface area contributed by atoms with Gasteiger partial charge in [0.15, 0.2) is 0 Å². The summed E-state index contributed by atoms with van der Waals surface area (Å²) in [6.45, 7) is 1.42. The molecular weight excluding hydrogens is 293 g/mol. The molecule has 0 aliphatic rings. The number of nitrogens with zero attached hydrogens (tertiary/aromatic N) is 2. The van der Waals surface area contributed by atoms with E-state index in [4.69, 9.17) is 23.2 Å². The third-order valence-electron chi connectivity index (χ3n) is 2.99. The van der Waals surface area contributed by atoms with Gasteiger partial charge in [-0.15, -0.1) is 0 Å². The van der Waals surface area contributed by atoms with Gasteiger partial charge in [0.25, 0.3) is 0 Å². The maximum absolute atomic E-state index is 6.19. The summed E-state index contributed by atoms with van der Waals surface area (Å²) < 4.78 is 0. The maximum atomic E-state index is 6.19. The summed E-state index contributed by atoms with van der Waals surface area (Å²) in [7, 11) is 3.86. The summed E-state index contributed by atoms with van der Waals surface area (Å²) in [5.41, 5.74) is 1.95. The van der Waals surface area contributed by atoms with Crippen LogP contribution in [0, 0.1) is 0 Å². The van der Waals surface area contributed by atoms with Crippen LogP contribution in [0.4, 0.5) is 5.82 Å². The lowest BCUT2D eigenvalue weighted by atomic mass is 10.2. The van der Waals surface area contributed by atoms with Crippen LogP contribution in [0.1, 0.15) is 11.3 Å². The first-order valence-electron chi connectivity index (χ1n) is 6.35. The smallest absolute Gasteiger partial charge is 0.126 e. The van der Waals surface area contributed by atoms with Gasteiger partial charge in [0, 0.05) is 25.2 Å². The average Bonchev–Trinajstić information content (AvgIpc) is 2.44. The van der Waals surface area contributed by atoms with E-state index in [0.717, 1.165) is 28.6 Å². The molecule has 0 amide bonds. The van der Waals surface area contributed by atoms with Gasteiger partial charge in [-0.2, -0.15) is 0 Å². The lowest BCUT2D eigenvalue weighted by Gasteiger charge is -2.18. The van der Waals surface area contributed by atoms with Crippen LogP contribution < -0.4 is 5.32 Å². The highest BCUT2D eigenvalue weighted by Crippen LogP contribution is 2.20. The van der Waals surface area contributed by atoms with Crippen molar-refractivity contribution < 1.29 is 0 Å². The van der Waals surface area contributed by atoms with E-state index in [0.29, 0.717) is 11.6 Å². The summed E-state index contributed by atoms with van der Waals surface area (Å²) in [5, 5.41) is 4.47. The summed E-state index contributed by atoms with van der Waals surface area (Å²) in [4.78, 5) is 6.61. The Bertz CT molecular complexity index is 587. The van der Waals surface area contributed by atoms with Crippen LogP contribution in [-0.4, -0.2) is 24.0 Å². The normalized spacial score (nSPS) is 10.8. The van der Waals surface area contributed by atoms with E-state index in [2.05, 4.69) is 15.2 Å². The van der Waals surface area contributed by atoms with Crippen molar-refractivity contribution in [3.8, 4) is 0 Å². The number of hydrogen-bond acceptors (Lipinski definition) is 3. The first-order valence-corrected chi connectivity index (χ1v) is 7.11. The van der Waals surface area contributed by atoms with E-state index in [1.54, 1.807) is 0 Å². The van der Waals surface area contributed by atoms with Crippen LogP contribution >= 0.6 is 23.2 Å². The van der Waals surface area contributed by atoms with Crippen LogP contribution in [0.5, 0.6) is 0 Å². The molecule has 20 heavy (non-hydrogen) atoms. The van der Waals surface area contributed by atoms with Crippen molar-refractivity contribution in [3.05, 3.63) is 57.7 Å². The fourth-order valence-corrected chi connectivity index (χ4v) is 2.32. The molecule has 1 aromatic carbocycles. The number of benzene rings is 1. The molecule has 0 atom stereocenters. The molecule has 0 saturated heterocycles. The van der Waals surface area contributed by atoms with Crippen molar-refractivity contribution in [2.45, 2.75) is 13.1 Å². The first-order chi connectivity index (χ1) is 9.60. The highest BCUT2D eigenvalue weighted by Gasteiger charge is 2.09. The molecule has 1 heterocycles. The van der Waals surface area contributed by atoms with Crippen molar-refractivity contribution >= 4 is 29.0 Å². The van der Waals surface area contributed by atoms with Gasteiger partial charge >= 0.3 is 0 Å². The zero-order valence-electron chi connectivity index (χ0n) is 11.5. The SMILES string of the molecule is CNc1ccc(Cl)c(CN(C)Cc2ccccc2Cl)n1. The van der Waals surface area contributed by atoms with Gasteiger partial charge in [-0.3, -0.25) is 4.90 Å². The van der Waals surface area contributed by atoms with Gasteiger partial charge in [0.2, 0.25) is 0 Å². The van der Waals surface area contributed by atoms with Crippen molar-refractivity contribution in [2.24, 2.45) is 0 Å². The van der Waals surface area contributed by atoms with Crippen LogP contribution in [0.25, 0.3) is 0 Å². The first kappa shape index (κ1) is 15.1. The highest BCUT2D eigenvalue weighted by molar-refractivity contribution is 6.31. The number of rotatable bonds is 5. The summed E-state index contributed by atoms with van der Waals surface area (Å²) in [6.07, 6.45) is 0. The fraction of sp³-hybridized carbons (Fsp3) is 0.267. The molecule has 0 unspecified atom stereocenters. The Kier molecular flexibility index (Phi) is 5.24. The van der Waals surface area contributed by atoms with Crippen molar-refractivity contribution in [2.75, 3.05) is 19.4 Å². The third kappa shape index (κ3) is 3.85. The molecule has 0 bridgehead atoms. The molecule has 0 saturated carbocycles. The Hall–Kier alpha value is -1.29. The molecule has 0 fully saturated rings. The number of nitrogens with one attached hydrogen (secondary N) is 1. The van der Waals surface area contributed by atoms with Crippen LogP contribution in [0.2, 0.25) is 10.0 Å². The topological polar surface area (TPSA) is 28.2 Å². The lowest BCUT2D eigenvalue weighted by molar-refractivity contribution is 0.315. The largest absolute Gasteiger partial charge is 0.373 e. The number of pyridine rings is 1. The van der Waals surface area contributed by atoms with Crippen molar-refractivity contribution in [3.63, 3.8) is 0 Å². The zero-order chi connectivity index (χ0) is 14.5. The number of hydrogen-bond donors (Lipinski definition) is 1. The number of anilines is 1. The Morgan fingerprint density at radius 2 is 1.80 bits per heavy atom. The van der Waals surface area contributed by atoms with E-state index in [-0.39, 0.29) is 0 Å². The molecule has 5 heteroatoms. The fourth-order valence-electron chi connectivity index (χ4n) is 1.96. The molecule has 2 rings (SSSR count). The Balaban J connectivity index is 2.08. The molecule has 0 aliphatic heterocycles. The van der Waals surface area contributed by atoms with Gasteiger partial charge in [0.1, 0.15) is 5.82 Å². The van der Waals surface area contributed by atoms with E-state index < -0.39 is 0 Å². The monoisotopic (exact) mass is 309 g/mol. The molecule has 3 nitrogen and oxygen atoms in total. The van der Waals surface area contributed by atoms with E-state index in [9.17, 15) is 0 Å². The minimum absolute atomic E-state index is 0.666. The predicted octanol–water partition coefficient (Wildman–Crippen LogP) is 4.06. The van der Waals surface area contributed by atoms with Crippen LogP contribution in [0.3, 0.4) is 0 Å². The Labute approximate surface area is 129 Å². The minimum atomic E-state index is 0.666. The number of aromatic nitrogens is 1. The predicted molar refractivity (Wildman–Crippen MR) is 85.4 cm³/mol. The van der Waals surface area contributed by atoms with E-state index in [1.165, 1.54) is 0 Å². The van der Waals surface area contributed by atoms with Gasteiger partial charge in [-0.05, 0) is 30.8 Å². The van der Waals surface area contributed by atoms with Gasteiger partial charge < -0.3 is 5.32 Å². The second-order valence-corrected chi connectivity index (χ2v) is 5.45. The molecule has 0 aliphatic carbocycles. The zero-order valence-corrected chi connectivity index (χ0v) is 13.0. The molecular formula is C15H17Cl2N3. The maximum Gasteiger partial charge on any atom is 0.126 e. The second kappa shape index (κ2) is 6.93. The van der Waals surface area contributed by atoms with Crippen molar-refractivity contribution in [1.29, 1.82) is 0 Å². The Morgan fingerprint density at radius 3 is 2.50 bits per heavy atom. The average molecular weight is 310 g/mol. The molecule has 2 aromatic rings. The summed E-state index contributed by atoms with van der Waals surface area (Å²) in [6, 6.07) is 11.6.